The van der Waals surface area contributed by atoms with Gasteiger partial charge in [0, 0.05) is 12.0 Å². The average Bonchev–Trinajstić information content (AvgIpc) is 2.58. The number of ether oxygens (including phenoxy) is 1. The molecule has 0 saturated heterocycles. The van der Waals surface area contributed by atoms with Gasteiger partial charge in [-0.3, -0.25) is 9.59 Å². The van der Waals surface area contributed by atoms with E-state index in [0.717, 1.165) is 11.1 Å². The minimum Gasteiger partial charge on any atom is -0.461 e. The topological polar surface area (TPSA) is 67.2 Å². The van der Waals surface area contributed by atoms with Crippen LogP contribution in [0.3, 0.4) is 0 Å². The van der Waals surface area contributed by atoms with E-state index in [1.54, 1.807) is 36.4 Å². The fraction of sp³-hybridized carbons (Fsp3) is 0.211. The Morgan fingerprint density at radius 3 is 2.52 bits per heavy atom. The molecule has 0 aliphatic carbocycles. The molecule has 0 amide bonds. The lowest BCUT2D eigenvalue weighted by Crippen LogP contribution is -2.08. The van der Waals surface area contributed by atoms with Crippen LogP contribution in [0, 0.1) is 18.3 Å². The second-order valence-electron chi connectivity index (χ2n) is 5.26. The first-order valence-electron chi connectivity index (χ1n) is 7.33. The third-order valence-electron chi connectivity index (χ3n) is 3.39. The van der Waals surface area contributed by atoms with Crippen molar-refractivity contribution in [2.75, 3.05) is 0 Å². The molecular formula is C19H17NO3. The van der Waals surface area contributed by atoms with E-state index in [0.29, 0.717) is 11.1 Å². The Bertz CT molecular complexity index is 742. The Hall–Kier alpha value is -2.93. The number of carbonyl (C=O) groups excluding carboxylic acids is 2. The van der Waals surface area contributed by atoms with Gasteiger partial charge < -0.3 is 4.74 Å². The molecule has 4 heteroatoms. The van der Waals surface area contributed by atoms with Crippen molar-refractivity contribution in [3.8, 4) is 6.07 Å². The fourth-order valence-electron chi connectivity index (χ4n) is 2.07. The van der Waals surface area contributed by atoms with Crippen molar-refractivity contribution in [2.24, 2.45) is 0 Å². The summed E-state index contributed by atoms with van der Waals surface area (Å²) in [5.41, 5.74) is 2.96. The standard InChI is InChI=1S/C19H17NO3/c1-14-5-7-17(8-6-14)18(21)9-10-19(22)23-13-16-4-2-3-15(11-16)12-20/h2-8,11H,9-10,13H2,1H3. The highest BCUT2D eigenvalue weighted by Crippen LogP contribution is 2.10. The number of hydrogen-bond acceptors (Lipinski definition) is 4. The Kier molecular flexibility index (Phi) is 5.65. The zero-order valence-corrected chi connectivity index (χ0v) is 12.9. The highest BCUT2D eigenvalue weighted by atomic mass is 16.5. The van der Waals surface area contributed by atoms with Crippen molar-refractivity contribution in [3.63, 3.8) is 0 Å². The predicted molar refractivity (Wildman–Crippen MR) is 85.7 cm³/mol. The van der Waals surface area contributed by atoms with Gasteiger partial charge in [0.2, 0.25) is 0 Å². The van der Waals surface area contributed by atoms with Gasteiger partial charge in [0.05, 0.1) is 18.1 Å². The van der Waals surface area contributed by atoms with Crippen molar-refractivity contribution >= 4 is 11.8 Å². The number of nitriles is 1. The second-order valence-corrected chi connectivity index (χ2v) is 5.26. The number of carbonyl (C=O) groups is 2. The van der Waals surface area contributed by atoms with Crippen molar-refractivity contribution in [2.45, 2.75) is 26.4 Å². The summed E-state index contributed by atoms with van der Waals surface area (Å²) in [5, 5.41) is 8.81. The lowest BCUT2D eigenvalue weighted by Gasteiger charge is -2.05. The first-order valence-corrected chi connectivity index (χ1v) is 7.33. The zero-order chi connectivity index (χ0) is 16.7. The molecule has 4 nitrogen and oxygen atoms in total. The minimum atomic E-state index is -0.423. The summed E-state index contributed by atoms with van der Waals surface area (Å²) in [7, 11) is 0. The molecule has 116 valence electrons. The molecule has 23 heavy (non-hydrogen) atoms. The number of rotatable bonds is 6. The molecule has 0 saturated carbocycles. The minimum absolute atomic E-state index is 0.0463. The van der Waals surface area contributed by atoms with Crippen LogP contribution < -0.4 is 0 Å². The molecule has 0 aliphatic heterocycles. The van der Waals surface area contributed by atoms with Gasteiger partial charge in [-0.1, -0.05) is 42.0 Å². The molecule has 0 N–H and O–H groups in total. The van der Waals surface area contributed by atoms with E-state index < -0.39 is 5.97 Å². The van der Waals surface area contributed by atoms with Crippen molar-refractivity contribution < 1.29 is 14.3 Å². The highest BCUT2D eigenvalue weighted by Gasteiger charge is 2.10. The predicted octanol–water partition coefficient (Wildman–Crippen LogP) is 3.57. The Balaban J connectivity index is 1.79. The first kappa shape index (κ1) is 16.4. The van der Waals surface area contributed by atoms with Crippen molar-refractivity contribution in [1.82, 2.24) is 0 Å². The van der Waals surface area contributed by atoms with Gasteiger partial charge in [-0.05, 0) is 24.6 Å². The van der Waals surface area contributed by atoms with Crippen LogP contribution in [0.25, 0.3) is 0 Å². The number of esters is 1. The molecule has 0 spiro atoms. The maximum Gasteiger partial charge on any atom is 0.306 e. The molecule has 2 aromatic rings. The fourth-order valence-corrected chi connectivity index (χ4v) is 2.07. The maximum atomic E-state index is 12.0. The van der Waals surface area contributed by atoms with Gasteiger partial charge in [-0.2, -0.15) is 5.26 Å². The van der Waals surface area contributed by atoms with Crippen LogP contribution in [-0.4, -0.2) is 11.8 Å². The summed E-state index contributed by atoms with van der Waals surface area (Å²) < 4.78 is 5.13. The van der Waals surface area contributed by atoms with E-state index in [4.69, 9.17) is 10.00 Å². The van der Waals surface area contributed by atoms with Gasteiger partial charge in [0.1, 0.15) is 6.61 Å². The molecule has 0 fully saturated rings. The van der Waals surface area contributed by atoms with Gasteiger partial charge in [-0.15, -0.1) is 0 Å². The number of ketones is 1. The monoisotopic (exact) mass is 307 g/mol. The molecule has 0 bridgehead atoms. The van der Waals surface area contributed by atoms with Gasteiger partial charge >= 0.3 is 5.97 Å². The van der Waals surface area contributed by atoms with E-state index in [9.17, 15) is 9.59 Å². The van der Waals surface area contributed by atoms with Gasteiger partial charge in [0.25, 0.3) is 0 Å². The normalized spacial score (nSPS) is 9.91. The number of Topliss-reactive ketones (excluding diaryl/α,β-unsaturated/α-hetero) is 1. The van der Waals surface area contributed by atoms with Crippen molar-refractivity contribution in [1.29, 1.82) is 5.26 Å². The molecule has 2 aromatic carbocycles. The SMILES string of the molecule is Cc1ccc(C(=O)CCC(=O)OCc2cccc(C#N)c2)cc1. The summed E-state index contributed by atoms with van der Waals surface area (Å²) in [4.78, 5) is 23.7. The molecule has 0 aliphatic rings. The van der Waals surface area contributed by atoms with Crippen LogP contribution >= 0.6 is 0 Å². The zero-order valence-electron chi connectivity index (χ0n) is 12.9. The van der Waals surface area contributed by atoms with E-state index in [2.05, 4.69) is 0 Å². The number of aryl methyl sites for hydroxylation is 1. The molecule has 0 atom stereocenters. The van der Waals surface area contributed by atoms with Crippen LogP contribution in [0.15, 0.2) is 48.5 Å². The van der Waals surface area contributed by atoms with Crippen LogP contribution in [0.1, 0.15) is 39.9 Å². The molecule has 0 radical (unpaired) electrons. The number of nitrogens with zero attached hydrogens (tertiary/aromatic N) is 1. The first-order chi connectivity index (χ1) is 11.1. The van der Waals surface area contributed by atoms with Gasteiger partial charge in [-0.25, -0.2) is 0 Å². The second kappa shape index (κ2) is 7.90. The van der Waals surface area contributed by atoms with Crippen LogP contribution in [0.5, 0.6) is 0 Å². The number of benzene rings is 2. The smallest absolute Gasteiger partial charge is 0.306 e. The summed E-state index contributed by atoms with van der Waals surface area (Å²) in [6.45, 7) is 2.06. The summed E-state index contributed by atoms with van der Waals surface area (Å²) in [6.07, 6.45) is 0.171. The molecule has 2 rings (SSSR count). The highest BCUT2D eigenvalue weighted by molar-refractivity contribution is 5.97. The van der Waals surface area contributed by atoms with E-state index in [1.807, 2.05) is 25.1 Å². The number of hydrogen-bond donors (Lipinski definition) is 0. The lowest BCUT2D eigenvalue weighted by molar-refractivity contribution is -0.144. The third kappa shape index (κ3) is 5.08. The quantitative estimate of drug-likeness (QED) is 0.604. The largest absolute Gasteiger partial charge is 0.461 e. The van der Waals surface area contributed by atoms with E-state index >= 15 is 0 Å². The Morgan fingerprint density at radius 2 is 1.83 bits per heavy atom. The molecular weight excluding hydrogens is 290 g/mol. The summed E-state index contributed by atoms with van der Waals surface area (Å²) in [6, 6.07) is 16.2. The Labute approximate surface area is 135 Å². The van der Waals surface area contributed by atoms with E-state index in [-0.39, 0.29) is 25.2 Å². The molecule has 0 unspecified atom stereocenters. The summed E-state index contributed by atoms with van der Waals surface area (Å²) >= 11 is 0. The van der Waals surface area contributed by atoms with Gasteiger partial charge in [0.15, 0.2) is 5.78 Å². The third-order valence-corrected chi connectivity index (χ3v) is 3.39. The average molecular weight is 307 g/mol. The molecule has 0 heterocycles. The van der Waals surface area contributed by atoms with E-state index in [1.165, 1.54) is 0 Å². The summed E-state index contributed by atoms with van der Waals surface area (Å²) in [5.74, 6) is -0.499. The molecule has 0 aromatic heterocycles. The maximum absolute atomic E-state index is 12.0. The van der Waals surface area contributed by atoms with Crippen LogP contribution in [-0.2, 0) is 16.1 Å². The van der Waals surface area contributed by atoms with Crippen molar-refractivity contribution in [3.05, 3.63) is 70.8 Å². The van der Waals surface area contributed by atoms with Crippen LogP contribution in [0.2, 0.25) is 0 Å². The Morgan fingerprint density at radius 1 is 1.09 bits per heavy atom. The lowest BCUT2D eigenvalue weighted by atomic mass is 10.1. The van der Waals surface area contributed by atoms with Crippen LogP contribution in [0.4, 0.5) is 0 Å².